The van der Waals surface area contributed by atoms with Crippen molar-refractivity contribution in [1.82, 2.24) is 0 Å². The van der Waals surface area contributed by atoms with Crippen LogP contribution in [0.4, 0.5) is 5.69 Å². The Kier molecular flexibility index (Phi) is 3.44. The van der Waals surface area contributed by atoms with Crippen LogP contribution in [0, 0.1) is 0 Å². The molecule has 0 saturated carbocycles. The van der Waals surface area contributed by atoms with Gasteiger partial charge >= 0.3 is 0 Å². The van der Waals surface area contributed by atoms with Gasteiger partial charge in [0.25, 0.3) is 0 Å². The highest BCUT2D eigenvalue weighted by Crippen LogP contribution is 2.24. The summed E-state index contributed by atoms with van der Waals surface area (Å²) in [6, 6.07) is 10.6. The maximum atomic E-state index is 2.40. The van der Waals surface area contributed by atoms with Gasteiger partial charge in [0.2, 0.25) is 0 Å². The average molecular weight is 201 g/mol. The number of anilines is 1. The molecule has 0 saturated heterocycles. The molecule has 0 N–H and O–H groups in total. The predicted octanol–water partition coefficient (Wildman–Crippen LogP) is 3.97. The fraction of sp³-hybridized carbons (Fsp3) is 0.429. The molecule has 0 atom stereocenters. The standard InChI is InChI=1S/C14H19N/c1-15(14-11-7-4-8-12-14)13-9-5-2-3-6-10-13/h4,7-9,11-12H,2-3,5-6,10H2,1H3. The van der Waals surface area contributed by atoms with Crippen molar-refractivity contribution in [2.45, 2.75) is 32.1 Å². The number of nitrogens with zero attached hydrogens (tertiary/aromatic N) is 1. The van der Waals surface area contributed by atoms with Crippen molar-refractivity contribution >= 4 is 5.69 Å². The van der Waals surface area contributed by atoms with Gasteiger partial charge in [-0.25, -0.2) is 0 Å². The summed E-state index contributed by atoms with van der Waals surface area (Å²) in [6.07, 6.45) is 8.94. The quantitative estimate of drug-likeness (QED) is 0.699. The van der Waals surface area contributed by atoms with E-state index in [0.29, 0.717) is 0 Å². The van der Waals surface area contributed by atoms with Gasteiger partial charge in [-0.3, -0.25) is 0 Å². The maximum absolute atomic E-state index is 2.40. The van der Waals surface area contributed by atoms with E-state index in [1.807, 2.05) is 0 Å². The van der Waals surface area contributed by atoms with Gasteiger partial charge in [0.05, 0.1) is 0 Å². The minimum absolute atomic E-state index is 1.23. The van der Waals surface area contributed by atoms with Gasteiger partial charge in [-0.2, -0.15) is 0 Å². The summed E-state index contributed by atoms with van der Waals surface area (Å²) < 4.78 is 0. The minimum atomic E-state index is 1.23. The van der Waals surface area contributed by atoms with E-state index in [9.17, 15) is 0 Å². The number of hydrogen-bond acceptors (Lipinski definition) is 1. The smallest absolute Gasteiger partial charge is 0.0405 e. The number of para-hydroxylation sites is 1. The molecule has 0 aliphatic heterocycles. The molecular weight excluding hydrogens is 182 g/mol. The normalized spacial score (nSPS) is 16.7. The zero-order valence-corrected chi connectivity index (χ0v) is 9.45. The lowest BCUT2D eigenvalue weighted by Crippen LogP contribution is -2.15. The molecule has 1 aromatic carbocycles. The van der Waals surface area contributed by atoms with Crippen LogP contribution in [0.1, 0.15) is 32.1 Å². The Morgan fingerprint density at radius 2 is 1.80 bits per heavy atom. The molecule has 0 bridgehead atoms. The highest BCUT2D eigenvalue weighted by atomic mass is 15.1. The molecule has 2 rings (SSSR count). The Balaban J connectivity index is 2.13. The van der Waals surface area contributed by atoms with E-state index in [0.717, 1.165) is 0 Å². The SMILES string of the molecule is CN(C1=CCCCCC1)c1ccccc1. The Hall–Kier alpha value is -1.24. The third kappa shape index (κ3) is 2.62. The van der Waals surface area contributed by atoms with E-state index < -0.39 is 0 Å². The predicted molar refractivity (Wildman–Crippen MR) is 66.0 cm³/mol. The Bertz CT molecular complexity index is 326. The molecule has 0 spiro atoms. The lowest BCUT2D eigenvalue weighted by molar-refractivity contribution is 0.706. The highest BCUT2D eigenvalue weighted by Gasteiger charge is 2.08. The Labute approximate surface area is 92.4 Å². The highest BCUT2D eigenvalue weighted by molar-refractivity contribution is 5.50. The zero-order chi connectivity index (χ0) is 10.5. The van der Waals surface area contributed by atoms with Crippen LogP contribution in [0.15, 0.2) is 42.1 Å². The van der Waals surface area contributed by atoms with E-state index in [1.54, 1.807) is 0 Å². The molecule has 0 amide bonds. The van der Waals surface area contributed by atoms with Crippen LogP contribution in [0.3, 0.4) is 0 Å². The largest absolute Gasteiger partial charge is 0.349 e. The fourth-order valence-electron chi connectivity index (χ4n) is 2.12. The number of benzene rings is 1. The summed E-state index contributed by atoms with van der Waals surface area (Å²) in [7, 11) is 2.17. The fourth-order valence-corrected chi connectivity index (χ4v) is 2.12. The van der Waals surface area contributed by atoms with Gasteiger partial charge in [-0.05, 0) is 37.8 Å². The van der Waals surface area contributed by atoms with Crippen molar-refractivity contribution in [2.75, 3.05) is 11.9 Å². The van der Waals surface area contributed by atoms with Gasteiger partial charge in [-0.1, -0.05) is 30.7 Å². The number of hydrogen-bond donors (Lipinski definition) is 0. The molecule has 0 unspecified atom stereocenters. The molecular formula is C14H19N. The lowest BCUT2D eigenvalue weighted by atomic mass is 10.2. The molecule has 1 aromatic rings. The second-order valence-corrected chi connectivity index (χ2v) is 4.19. The van der Waals surface area contributed by atoms with Gasteiger partial charge in [0.1, 0.15) is 0 Å². The lowest BCUT2D eigenvalue weighted by Gasteiger charge is -2.22. The minimum Gasteiger partial charge on any atom is -0.349 e. The van der Waals surface area contributed by atoms with E-state index in [2.05, 4.69) is 48.4 Å². The monoisotopic (exact) mass is 201 g/mol. The number of allylic oxidation sites excluding steroid dienone is 2. The van der Waals surface area contributed by atoms with Crippen molar-refractivity contribution in [1.29, 1.82) is 0 Å². The third-order valence-corrected chi connectivity index (χ3v) is 3.09. The first-order valence-electron chi connectivity index (χ1n) is 5.86. The van der Waals surface area contributed by atoms with Gasteiger partial charge in [0, 0.05) is 18.4 Å². The van der Waals surface area contributed by atoms with E-state index in [1.165, 1.54) is 43.5 Å². The summed E-state index contributed by atoms with van der Waals surface area (Å²) in [5, 5.41) is 0. The van der Waals surface area contributed by atoms with Crippen LogP contribution in [0.25, 0.3) is 0 Å². The summed E-state index contributed by atoms with van der Waals surface area (Å²) in [6.45, 7) is 0. The van der Waals surface area contributed by atoms with E-state index in [-0.39, 0.29) is 0 Å². The molecule has 0 aromatic heterocycles. The molecule has 0 heterocycles. The maximum Gasteiger partial charge on any atom is 0.0405 e. The van der Waals surface area contributed by atoms with Crippen LogP contribution < -0.4 is 4.90 Å². The molecule has 1 aliphatic carbocycles. The Morgan fingerprint density at radius 1 is 1.00 bits per heavy atom. The topological polar surface area (TPSA) is 3.24 Å². The Morgan fingerprint density at radius 3 is 2.60 bits per heavy atom. The summed E-state index contributed by atoms with van der Waals surface area (Å²) in [5.41, 5.74) is 2.78. The number of rotatable bonds is 2. The van der Waals surface area contributed by atoms with Crippen LogP contribution in [0.2, 0.25) is 0 Å². The summed E-state index contributed by atoms with van der Waals surface area (Å²) in [4.78, 5) is 2.32. The van der Waals surface area contributed by atoms with Gasteiger partial charge < -0.3 is 4.90 Å². The average Bonchev–Trinajstić information content (AvgIpc) is 2.58. The van der Waals surface area contributed by atoms with Crippen LogP contribution in [-0.2, 0) is 0 Å². The molecule has 0 radical (unpaired) electrons. The first kappa shape index (κ1) is 10.3. The second kappa shape index (κ2) is 5.01. The summed E-state index contributed by atoms with van der Waals surface area (Å²) in [5.74, 6) is 0. The first-order chi connectivity index (χ1) is 7.38. The molecule has 1 nitrogen and oxygen atoms in total. The van der Waals surface area contributed by atoms with Crippen molar-refractivity contribution in [3.8, 4) is 0 Å². The van der Waals surface area contributed by atoms with Gasteiger partial charge in [-0.15, -0.1) is 0 Å². The first-order valence-corrected chi connectivity index (χ1v) is 5.86. The van der Waals surface area contributed by atoms with Crippen LogP contribution in [-0.4, -0.2) is 7.05 Å². The summed E-state index contributed by atoms with van der Waals surface area (Å²) >= 11 is 0. The van der Waals surface area contributed by atoms with Crippen molar-refractivity contribution in [3.63, 3.8) is 0 Å². The second-order valence-electron chi connectivity index (χ2n) is 4.19. The third-order valence-electron chi connectivity index (χ3n) is 3.09. The van der Waals surface area contributed by atoms with Gasteiger partial charge in [0.15, 0.2) is 0 Å². The molecule has 0 fully saturated rings. The van der Waals surface area contributed by atoms with Crippen LogP contribution in [0.5, 0.6) is 0 Å². The van der Waals surface area contributed by atoms with E-state index >= 15 is 0 Å². The van der Waals surface area contributed by atoms with Crippen molar-refractivity contribution in [2.24, 2.45) is 0 Å². The van der Waals surface area contributed by atoms with E-state index in [4.69, 9.17) is 0 Å². The van der Waals surface area contributed by atoms with Crippen LogP contribution >= 0.6 is 0 Å². The van der Waals surface area contributed by atoms with Crippen molar-refractivity contribution < 1.29 is 0 Å². The molecule has 1 aliphatic rings. The molecule has 80 valence electrons. The molecule has 1 heteroatoms. The van der Waals surface area contributed by atoms with Crippen molar-refractivity contribution in [3.05, 3.63) is 42.1 Å². The zero-order valence-electron chi connectivity index (χ0n) is 9.45. The molecule has 15 heavy (non-hydrogen) atoms.